The summed E-state index contributed by atoms with van der Waals surface area (Å²) in [6.07, 6.45) is 0. The van der Waals surface area contributed by atoms with Crippen molar-refractivity contribution in [1.29, 1.82) is 0 Å². The van der Waals surface area contributed by atoms with Crippen molar-refractivity contribution in [3.63, 3.8) is 0 Å². The third kappa shape index (κ3) is 3.21. The number of carbonyl (C=O) groups is 1. The zero-order chi connectivity index (χ0) is 12.4. The van der Waals surface area contributed by atoms with Crippen LogP contribution in [0.4, 0.5) is 4.39 Å². The first-order valence-electron chi connectivity index (χ1n) is 5.88. The van der Waals surface area contributed by atoms with Gasteiger partial charge in [-0.15, -0.1) is 12.4 Å². The summed E-state index contributed by atoms with van der Waals surface area (Å²) in [7, 11) is 0. The van der Waals surface area contributed by atoms with E-state index in [9.17, 15) is 9.18 Å². The minimum atomic E-state index is -0.316. The lowest BCUT2D eigenvalue weighted by Crippen LogP contribution is -2.56. The molecule has 1 N–H and O–H groups in total. The first kappa shape index (κ1) is 14.9. The van der Waals surface area contributed by atoms with Crippen molar-refractivity contribution >= 4 is 18.3 Å². The molecule has 3 nitrogen and oxygen atoms in total. The molecule has 0 aromatic heterocycles. The minimum Gasteiger partial charge on any atom is -0.333 e. The van der Waals surface area contributed by atoms with Gasteiger partial charge in [0.05, 0.1) is 0 Å². The van der Waals surface area contributed by atoms with E-state index < -0.39 is 0 Å². The Balaban J connectivity index is 0.00000162. The van der Waals surface area contributed by atoms with Gasteiger partial charge < -0.3 is 10.2 Å². The highest BCUT2D eigenvalue weighted by Crippen LogP contribution is 2.13. The predicted molar refractivity (Wildman–Crippen MR) is 71.6 cm³/mol. The summed E-state index contributed by atoms with van der Waals surface area (Å²) < 4.78 is 12.8. The smallest absolute Gasteiger partial charge is 0.254 e. The van der Waals surface area contributed by atoms with Crippen molar-refractivity contribution in [3.05, 3.63) is 35.6 Å². The van der Waals surface area contributed by atoms with Gasteiger partial charge in [0.15, 0.2) is 0 Å². The van der Waals surface area contributed by atoms with E-state index >= 15 is 0 Å². The van der Waals surface area contributed by atoms with Crippen molar-refractivity contribution in [2.45, 2.75) is 25.9 Å². The fourth-order valence-electron chi connectivity index (χ4n) is 2.06. The number of amides is 1. The zero-order valence-electron chi connectivity index (χ0n) is 10.5. The predicted octanol–water partition coefficient (Wildman–Crippen LogP) is 2.07. The lowest BCUT2D eigenvalue weighted by molar-refractivity contribution is 0.0616. The maximum Gasteiger partial charge on any atom is 0.254 e. The summed E-state index contributed by atoms with van der Waals surface area (Å²) in [6.45, 7) is 5.56. The molecular weight excluding hydrogens is 255 g/mol. The molecular formula is C13H18ClFN2O. The standard InChI is InChI=1S/C13H17FN2O.ClH/c1-9-8-16(10(2)7-15-9)13(17)11-3-5-12(14)6-4-11;/h3-6,9-10,15H,7-8H2,1-2H3;1H. The maximum atomic E-state index is 12.8. The molecule has 0 saturated carbocycles. The van der Waals surface area contributed by atoms with Gasteiger partial charge in [0.2, 0.25) is 0 Å². The fourth-order valence-corrected chi connectivity index (χ4v) is 2.06. The van der Waals surface area contributed by atoms with E-state index in [0.717, 1.165) is 6.54 Å². The molecule has 1 aromatic carbocycles. The minimum absolute atomic E-state index is 0. The SMILES string of the molecule is CC1CN(C(=O)c2ccc(F)cc2)C(C)CN1.Cl. The van der Waals surface area contributed by atoms with E-state index in [0.29, 0.717) is 18.2 Å². The largest absolute Gasteiger partial charge is 0.333 e. The van der Waals surface area contributed by atoms with Crippen LogP contribution in [-0.2, 0) is 0 Å². The monoisotopic (exact) mass is 272 g/mol. The van der Waals surface area contributed by atoms with Crippen LogP contribution in [0.2, 0.25) is 0 Å². The molecule has 1 aliphatic rings. The summed E-state index contributed by atoms with van der Waals surface area (Å²) >= 11 is 0. The van der Waals surface area contributed by atoms with Crippen LogP contribution < -0.4 is 5.32 Å². The van der Waals surface area contributed by atoms with Crippen molar-refractivity contribution in [3.8, 4) is 0 Å². The summed E-state index contributed by atoms with van der Waals surface area (Å²) in [6, 6.07) is 6.20. The quantitative estimate of drug-likeness (QED) is 0.849. The molecule has 2 atom stereocenters. The van der Waals surface area contributed by atoms with Crippen LogP contribution in [0.15, 0.2) is 24.3 Å². The summed E-state index contributed by atoms with van der Waals surface area (Å²) in [4.78, 5) is 14.1. The lowest BCUT2D eigenvalue weighted by atomic mass is 10.1. The van der Waals surface area contributed by atoms with E-state index in [-0.39, 0.29) is 30.2 Å². The Morgan fingerprint density at radius 3 is 2.56 bits per heavy atom. The number of nitrogens with zero attached hydrogens (tertiary/aromatic N) is 1. The highest BCUT2D eigenvalue weighted by atomic mass is 35.5. The molecule has 18 heavy (non-hydrogen) atoms. The molecule has 1 fully saturated rings. The zero-order valence-corrected chi connectivity index (χ0v) is 11.3. The Kier molecular flexibility index (Phi) is 5.11. The summed E-state index contributed by atoms with van der Waals surface area (Å²) in [5.74, 6) is -0.339. The summed E-state index contributed by atoms with van der Waals surface area (Å²) in [5.41, 5.74) is 0.548. The van der Waals surface area contributed by atoms with Gasteiger partial charge >= 0.3 is 0 Å². The molecule has 0 radical (unpaired) electrons. The van der Waals surface area contributed by atoms with E-state index in [1.807, 2.05) is 11.8 Å². The number of nitrogens with one attached hydrogen (secondary N) is 1. The lowest BCUT2D eigenvalue weighted by Gasteiger charge is -2.37. The molecule has 1 heterocycles. The molecule has 0 bridgehead atoms. The van der Waals surface area contributed by atoms with Crippen molar-refractivity contribution in [2.75, 3.05) is 13.1 Å². The van der Waals surface area contributed by atoms with E-state index in [1.165, 1.54) is 24.3 Å². The average Bonchev–Trinajstić information content (AvgIpc) is 2.32. The van der Waals surface area contributed by atoms with Gasteiger partial charge in [0.1, 0.15) is 5.82 Å². The fraction of sp³-hybridized carbons (Fsp3) is 0.462. The first-order chi connectivity index (χ1) is 8.08. The van der Waals surface area contributed by atoms with Crippen LogP contribution in [0.3, 0.4) is 0 Å². The van der Waals surface area contributed by atoms with Crippen molar-refractivity contribution in [1.82, 2.24) is 10.2 Å². The maximum absolute atomic E-state index is 12.8. The third-order valence-corrected chi connectivity index (χ3v) is 3.12. The van der Waals surface area contributed by atoms with Crippen molar-refractivity contribution < 1.29 is 9.18 Å². The summed E-state index contributed by atoms with van der Waals surface area (Å²) in [5, 5.41) is 3.32. The van der Waals surface area contributed by atoms with Gasteiger partial charge in [-0.05, 0) is 38.1 Å². The van der Waals surface area contributed by atoms with E-state index in [1.54, 1.807) is 0 Å². The Labute approximate surface area is 113 Å². The van der Waals surface area contributed by atoms with Crippen LogP contribution in [0.25, 0.3) is 0 Å². The Morgan fingerprint density at radius 1 is 1.33 bits per heavy atom. The van der Waals surface area contributed by atoms with Crippen LogP contribution in [0.5, 0.6) is 0 Å². The molecule has 100 valence electrons. The first-order valence-corrected chi connectivity index (χ1v) is 5.88. The molecule has 1 amide bonds. The Hall–Kier alpha value is -1.13. The number of carbonyl (C=O) groups excluding carboxylic acids is 1. The second-order valence-electron chi connectivity index (χ2n) is 4.62. The normalized spacial score (nSPS) is 23.4. The highest BCUT2D eigenvalue weighted by Gasteiger charge is 2.27. The van der Waals surface area contributed by atoms with Gasteiger partial charge in [-0.1, -0.05) is 0 Å². The Morgan fingerprint density at radius 2 is 1.94 bits per heavy atom. The van der Waals surface area contributed by atoms with Crippen molar-refractivity contribution in [2.24, 2.45) is 0 Å². The topological polar surface area (TPSA) is 32.3 Å². The number of benzene rings is 1. The second kappa shape index (κ2) is 6.16. The van der Waals surface area contributed by atoms with Crippen LogP contribution in [0, 0.1) is 5.82 Å². The van der Waals surface area contributed by atoms with Crippen LogP contribution >= 0.6 is 12.4 Å². The third-order valence-electron chi connectivity index (χ3n) is 3.12. The average molecular weight is 273 g/mol. The number of hydrogen-bond donors (Lipinski definition) is 1. The molecule has 0 spiro atoms. The number of hydrogen-bond acceptors (Lipinski definition) is 2. The van der Waals surface area contributed by atoms with Gasteiger partial charge in [-0.25, -0.2) is 4.39 Å². The molecule has 0 aliphatic carbocycles. The molecule has 1 aromatic rings. The molecule has 1 aliphatic heterocycles. The van der Waals surface area contributed by atoms with Gasteiger partial charge in [-0.2, -0.15) is 0 Å². The van der Waals surface area contributed by atoms with Gasteiger partial charge in [0.25, 0.3) is 5.91 Å². The highest BCUT2D eigenvalue weighted by molar-refractivity contribution is 5.94. The molecule has 2 unspecified atom stereocenters. The number of halogens is 2. The Bertz CT molecular complexity index is 410. The number of rotatable bonds is 1. The van der Waals surface area contributed by atoms with Crippen LogP contribution in [0.1, 0.15) is 24.2 Å². The second-order valence-corrected chi connectivity index (χ2v) is 4.62. The van der Waals surface area contributed by atoms with E-state index in [4.69, 9.17) is 0 Å². The van der Waals surface area contributed by atoms with E-state index in [2.05, 4.69) is 12.2 Å². The molecule has 2 rings (SSSR count). The number of piperazine rings is 1. The molecule has 5 heteroatoms. The van der Waals surface area contributed by atoms with Crippen LogP contribution in [-0.4, -0.2) is 36.0 Å². The van der Waals surface area contributed by atoms with Gasteiger partial charge in [-0.3, -0.25) is 4.79 Å². The van der Waals surface area contributed by atoms with Gasteiger partial charge in [0, 0.05) is 30.7 Å². The molecule has 1 saturated heterocycles.